The van der Waals surface area contributed by atoms with Gasteiger partial charge >= 0.3 is 0 Å². The summed E-state index contributed by atoms with van der Waals surface area (Å²) < 4.78 is 5.58. The number of fused-ring (bicyclic) bond motifs is 2. The van der Waals surface area contributed by atoms with Crippen molar-refractivity contribution in [1.29, 1.82) is 0 Å². The zero-order valence-corrected chi connectivity index (χ0v) is 8.68. The van der Waals surface area contributed by atoms with Crippen LogP contribution in [-0.2, 0) is 4.74 Å². The van der Waals surface area contributed by atoms with Crippen LogP contribution in [0.2, 0.25) is 0 Å². The van der Waals surface area contributed by atoms with Gasteiger partial charge in [-0.3, -0.25) is 0 Å². The van der Waals surface area contributed by atoms with Crippen molar-refractivity contribution in [3.63, 3.8) is 0 Å². The molecule has 0 aromatic rings. The number of hydrogen-bond acceptors (Lipinski definition) is 1. The molecule has 0 spiro atoms. The molecule has 2 bridgehead atoms. The van der Waals surface area contributed by atoms with Gasteiger partial charge in [-0.2, -0.15) is 0 Å². The molecule has 0 amide bonds. The normalized spacial score (nSPS) is 50.0. The van der Waals surface area contributed by atoms with Crippen LogP contribution in [0.4, 0.5) is 0 Å². The average molecular weight is 168 g/mol. The van der Waals surface area contributed by atoms with Crippen molar-refractivity contribution in [2.45, 2.75) is 46.1 Å². The highest BCUT2D eigenvalue weighted by atomic mass is 16.5. The lowest BCUT2D eigenvalue weighted by Crippen LogP contribution is -2.36. The predicted octanol–water partition coefficient (Wildman–Crippen LogP) is 2.85. The van der Waals surface area contributed by atoms with E-state index in [-0.39, 0.29) is 0 Å². The van der Waals surface area contributed by atoms with E-state index >= 15 is 0 Å². The van der Waals surface area contributed by atoms with Gasteiger partial charge < -0.3 is 4.74 Å². The summed E-state index contributed by atoms with van der Waals surface area (Å²) in [5.74, 6) is 0.910. The van der Waals surface area contributed by atoms with E-state index in [1.807, 2.05) is 7.11 Å². The zero-order valence-electron chi connectivity index (χ0n) is 8.68. The summed E-state index contributed by atoms with van der Waals surface area (Å²) in [6.45, 7) is 7.25. The van der Waals surface area contributed by atoms with Crippen LogP contribution < -0.4 is 0 Å². The van der Waals surface area contributed by atoms with Crippen molar-refractivity contribution in [2.24, 2.45) is 16.7 Å². The molecule has 0 saturated heterocycles. The quantitative estimate of drug-likeness (QED) is 0.585. The van der Waals surface area contributed by atoms with E-state index < -0.39 is 0 Å². The van der Waals surface area contributed by atoms with Crippen molar-refractivity contribution in [2.75, 3.05) is 7.11 Å². The van der Waals surface area contributed by atoms with Crippen molar-refractivity contribution in [3.05, 3.63) is 0 Å². The molecule has 0 unspecified atom stereocenters. The van der Waals surface area contributed by atoms with Crippen molar-refractivity contribution in [1.82, 2.24) is 0 Å². The summed E-state index contributed by atoms with van der Waals surface area (Å²) >= 11 is 0. The molecular formula is C11H20O. The Hall–Kier alpha value is -0.0400. The second-order valence-electron chi connectivity index (χ2n) is 5.33. The van der Waals surface area contributed by atoms with E-state index in [2.05, 4.69) is 20.8 Å². The van der Waals surface area contributed by atoms with Gasteiger partial charge in [0, 0.05) is 7.11 Å². The highest BCUT2D eigenvalue weighted by Crippen LogP contribution is 2.66. The van der Waals surface area contributed by atoms with Crippen LogP contribution in [0.15, 0.2) is 0 Å². The van der Waals surface area contributed by atoms with Gasteiger partial charge in [-0.05, 0) is 36.0 Å². The van der Waals surface area contributed by atoms with E-state index in [4.69, 9.17) is 4.74 Å². The van der Waals surface area contributed by atoms with E-state index in [1.54, 1.807) is 0 Å². The maximum Gasteiger partial charge on any atom is 0.0632 e. The van der Waals surface area contributed by atoms with Gasteiger partial charge in [-0.15, -0.1) is 0 Å². The zero-order chi connectivity index (χ0) is 8.98. The molecule has 2 saturated carbocycles. The van der Waals surface area contributed by atoms with Crippen LogP contribution in [0, 0.1) is 16.7 Å². The lowest BCUT2D eigenvalue weighted by Gasteiger charge is -2.38. The van der Waals surface area contributed by atoms with Gasteiger partial charge in [0.15, 0.2) is 0 Å². The Morgan fingerprint density at radius 3 is 2.17 bits per heavy atom. The van der Waals surface area contributed by atoms with E-state index in [9.17, 15) is 0 Å². The van der Waals surface area contributed by atoms with Crippen molar-refractivity contribution in [3.8, 4) is 0 Å². The van der Waals surface area contributed by atoms with Crippen LogP contribution >= 0.6 is 0 Å². The van der Waals surface area contributed by atoms with Gasteiger partial charge in [0.05, 0.1) is 6.10 Å². The topological polar surface area (TPSA) is 9.23 Å². The first kappa shape index (κ1) is 8.55. The molecular weight excluding hydrogens is 148 g/mol. The fraction of sp³-hybridized carbons (Fsp3) is 1.00. The second-order valence-corrected chi connectivity index (χ2v) is 5.33. The van der Waals surface area contributed by atoms with Gasteiger partial charge in [-0.1, -0.05) is 20.8 Å². The Bertz CT molecular complexity index is 197. The molecule has 70 valence electrons. The van der Waals surface area contributed by atoms with Gasteiger partial charge in [0.1, 0.15) is 0 Å². The molecule has 0 aromatic carbocycles. The van der Waals surface area contributed by atoms with Crippen LogP contribution in [0.25, 0.3) is 0 Å². The predicted molar refractivity (Wildman–Crippen MR) is 50.0 cm³/mol. The Labute approximate surface area is 75.5 Å². The summed E-state index contributed by atoms with van der Waals surface area (Å²) in [7, 11) is 1.87. The summed E-state index contributed by atoms with van der Waals surface area (Å²) in [5, 5.41) is 0. The summed E-state index contributed by atoms with van der Waals surface area (Å²) in [6.07, 6.45) is 4.60. The molecule has 0 aliphatic heterocycles. The molecule has 2 fully saturated rings. The van der Waals surface area contributed by atoms with Crippen LogP contribution in [0.3, 0.4) is 0 Å². The number of methoxy groups -OCH3 is 1. The summed E-state index contributed by atoms with van der Waals surface area (Å²) in [4.78, 5) is 0. The van der Waals surface area contributed by atoms with Crippen molar-refractivity contribution < 1.29 is 4.74 Å². The lowest BCUT2D eigenvalue weighted by atomic mass is 9.70. The molecule has 0 aromatic heterocycles. The lowest BCUT2D eigenvalue weighted by molar-refractivity contribution is -0.0200. The molecule has 2 aliphatic carbocycles. The molecule has 3 atom stereocenters. The second kappa shape index (κ2) is 2.25. The highest BCUT2D eigenvalue weighted by Gasteiger charge is 2.61. The minimum atomic E-state index is 0.451. The Morgan fingerprint density at radius 1 is 1.25 bits per heavy atom. The maximum atomic E-state index is 5.58. The smallest absolute Gasteiger partial charge is 0.0632 e. The average Bonchev–Trinajstić information content (AvgIpc) is 2.34. The van der Waals surface area contributed by atoms with E-state index in [0.717, 1.165) is 5.92 Å². The third kappa shape index (κ3) is 0.736. The van der Waals surface area contributed by atoms with Gasteiger partial charge in [0.2, 0.25) is 0 Å². The fourth-order valence-electron chi connectivity index (χ4n) is 3.49. The fourth-order valence-corrected chi connectivity index (χ4v) is 3.49. The number of rotatable bonds is 1. The number of hydrogen-bond donors (Lipinski definition) is 0. The maximum absolute atomic E-state index is 5.58. The molecule has 0 heterocycles. The first-order valence-electron chi connectivity index (χ1n) is 5.05. The summed E-state index contributed by atoms with van der Waals surface area (Å²) in [6, 6.07) is 0. The minimum absolute atomic E-state index is 0.451. The SMILES string of the molecule is CO[C@@H]1C[C@H]2CC[C@]1(C)C2(C)C. The summed E-state index contributed by atoms with van der Waals surface area (Å²) in [5.41, 5.74) is 0.958. The van der Waals surface area contributed by atoms with Crippen LogP contribution in [0.5, 0.6) is 0 Å². The van der Waals surface area contributed by atoms with Crippen molar-refractivity contribution >= 4 is 0 Å². The first-order chi connectivity index (χ1) is 5.52. The Balaban J connectivity index is 2.33. The van der Waals surface area contributed by atoms with Crippen LogP contribution in [-0.4, -0.2) is 13.2 Å². The molecule has 12 heavy (non-hydrogen) atoms. The molecule has 2 aliphatic rings. The van der Waals surface area contributed by atoms with Gasteiger partial charge in [-0.25, -0.2) is 0 Å². The third-order valence-electron chi connectivity index (χ3n) is 5.00. The molecule has 1 heteroatoms. The third-order valence-corrected chi connectivity index (χ3v) is 5.00. The minimum Gasteiger partial charge on any atom is -0.381 e. The molecule has 2 rings (SSSR count). The molecule has 0 N–H and O–H groups in total. The van der Waals surface area contributed by atoms with Gasteiger partial charge in [0.25, 0.3) is 0 Å². The molecule has 1 nitrogen and oxygen atoms in total. The molecule has 0 radical (unpaired) electrons. The number of ether oxygens (including phenoxy) is 1. The Kier molecular flexibility index (Phi) is 1.61. The monoisotopic (exact) mass is 168 g/mol. The standard InChI is InChI=1S/C11H20O/c1-10(2)8-5-6-11(10,3)9(7-8)12-4/h8-9H,5-7H2,1-4H3/t8-,9-,11+/m1/s1. The highest BCUT2D eigenvalue weighted by molar-refractivity contribution is 5.10. The Morgan fingerprint density at radius 2 is 1.92 bits per heavy atom. The van der Waals surface area contributed by atoms with E-state index in [0.29, 0.717) is 16.9 Å². The largest absolute Gasteiger partial charge is 0.381 e. The van der Waals surface area contributed by atoms with Crippen LogP contribution in [0.1, 0.15) is 40.0 Å². The first-order valence-corrected chi connectivity index (χ1v) is 5.05. The van der Waals surface area contributed by atoms with E-state index in [1.165, 1.54) is 19.3 Å².